The van der Waals surface area contributed by atoms with E-state index in [4.69, 9.17) is 4.74 Å². The Hall–Kier alpha value is -3.09. The van der Waals surface area contributed by atoms with Crippen LogP contribution in [0.3, 0.4) is 0 Å². The number of nitrogens with zero attached hydrogens (tertiary/aromatic N) is 2. The summed E-state index contributed by atoms with van der Waals surface area (Å²) in [5, 5.41) is 5.29. The van der Waals surface area contributed by atoms with Gasteiger partial charge in [-0.2, -0.15) is 0 Å². The molecule has 2 aromatic rings. The summed E-state index contributed by atoms with van der Waals surface area (Å²) in [5.74, 6) is 0.259. The minimum atomic E-state index is -0.714. The van der Waals surface area contributed by atoms with E-state index in [-0.39, 0.29) is 6.04 Å². The number of pyridine rings is 1. The van der Waals surface area contributed by atoms with Crippen LogP contribution in [-0.4, -0.2) is 36.5 Å². The van der Waals surface area contributed by atoms with Crippen LogP contribution in [0.5, 0.6) is 5.75 Å². The van der Waals surface area contributed by atoms with E-state index in [1.54, 1.807) is 12.3 Å². The fourth-order valence-electron chi connectivity index (χ4n) is 3.15. The molecule has 1 aromatic carbocycles. The zero-order chi connectivity index (χ0) is 19.9. The van der Waals surface area contributed by atoms with Gasteiger partial charge in [-0.3, -0.25) is 9.59 Å². The predicted octanol–water partition coefficient (Wildman–Crippen LogP) is 2.90. The molecule has 1 saturated heterocycles. The molecule has 2 heterocycles. The first kappa shape index (κ1) is 19.7. The second-order valence-corrected chi connectivity index (χ2v) is 6.75. The second kappa shape index (κ2) is 9.21. The van der Waals surface area contributed by atoms with Crippen molar-refractivity contribution in [3.63, 3.8) is 0 Å². The maximum atomic E-state index is 12.2. The monoisotopic (exact) mass is 382 g/mol. The Morgan fingerprint density at radius 2 is 1.82 bits per heavy atom. The normalized spacial score (nSPS) is 14.4. The van der Waals surface area contributed by atoms with Crippen LogP contribution in [0.4, 0.5) is 11.5 Å². The minimum Gasteiger partial charge on any atom is -0.494 e. The fourth-order valence-corrected chi connectivity index (χ4v) is 3.15. The predicted molar refractivity (Wildman–Crippen MR) is 108 cm³/mol. The lowest BCUT2D eigenvalue weighted by atomic mass is 10.1. The summed E-state index contributed by atoms with van der Waals surface area (Å²) < 4.78 is 5.41. The van der Waals surface area contributed by atoms with Crippen LogP contribution in [0.2, 0.25) is 0 Å². The van der Waals surface area contributed by atoms with Gasteiger partial charge in [0.15, 0.2) is 0 Å². The van der Waals surface area contributed by atoms with Crippen molar-refractivity contribution in [2.45, 2.75) is 32.7 Å². The number of aromatic nitrogens is 1. The molecule has 7 heteroatoms. The largest absolute Gasteiger partial charge is 0.494 e. The van der Waals surface area contributed by atoms with Crippen molar-refractivity contribution in [1.82, 2.24) is 10.3 Å². The summed E-state index contributed by atoms with van der Waals surface area (Å²) in [6, 6.07) is 10.8. The molecule has 28 heavy (non-hydrogen) atoms. The smallest absolute Gasteiger partial charge is 0.313 e. The number of hydrogen-bond acceptors (Lipinski definition) is 5. The van der Waals surface area contributed by atoms with E-state index < -0.39 is 11.8 Å². The molecule has 0 spiro atoms. The van der Waals surface area contributed by atoms with Crippen LogP contribution in [0.25, 0.3) is 0 Å². The standard InChI is InChI=1S/C21H26N4O3/c1-3-28-18-9-6-16(7-10-18)15(2)23-20(26)21(27)24-17-8-11-19(22-14-17)25-12-4-5-13-25/h6-11,14-15H,3-5,12-13H2,1-2H3,(H,23,26)(H,24,27)/t15-/m0/s1. The Bertz CT molecular complexity index is 799. The lowest BCUT2D eigenvalue weighted by molar-refractivity contribution is -0.136. The molecular formula is C21H26N4O3. The number of ether oxygens (including phenoxy) is 1. The summed E-state index contributed by atoms with van der Waals surface area (Å²) >= 11 is 0. The molecule has 7 nitrogen and oxygen atoms in total. The van der Waals surface area contributed by atoms with Crippen LogP contribution >= 0.6 is 0 Å². The molecule has 2 amide bonds. The van der Waals surface area contributed by atoms with Crippen molar-refractivity contribution in [3.05, 3.63) is 48.2 Å². The van der Waals surface area contributed by atoms with E-state index in [2.05, 4.69) is 20.5 Å². The number of benzene rings is 1. The van der Waals surface area contributed by atoms with Gasteiger partial charge in [-0.05, 0) is 56.5 Å². The molecular weight excluding hydrogens is 356 g/mol. The molecule has 2 N–H and O–H groups in total. The highest BCUT2D eigenvalue weighted by atomic mass is 16.5. The molecule has 0 aliphatic carbocycles. The van der Waals surface area contributed by atoms with Crippen molar-refractivity contribution in [3.8, 4) is 5.75 Å². The topological polar surface area (TPSA) is 83.6 Å². The molecule has 1 aromatic heterocycles. The first-order chi connectivity index (χ1) is 13.6. The molecule has 0 radical (unpaired) electrons. The number of amides is 2. The SMILES string of the molecule is CCOc1ccc([C@H](C)NC(=O)C(=O)Nc2ccc(N3CCCC3)nc2)cc1. The molecule has 1 aliphatic heterocycles. The molecule has 1 aliphatic rings. The Morgan fingerprint density at radius 3 is 2.43 bits per heavy atom. The second-order valence-electron chi connectivity index (χ2n) is 6.75. The number of nitrogens with one attached hydrogen (secondary N) is 2. The third kappa shape index (κ3) is 5.00. The van der Waals surface area contributed by atoms with Crippen LogP contribution in [0.1, 0.15) is 38.3 Å². The van der Waals surface area contributed by atoms with Gasteiger partial charge in [0.05, 0.1) is 24.5 Å². The quantitative estimate of drug-likeness (QED) is 0.751. The Kier molecular flexibility index (Phi) is 6.47. The fraction of sp³-hybridized carbons (Fsp3) is 0.381. The Morgan fingerprint density at radius 1 is 1.11 bits per heavy atom. The van der Waals surface area contributed by atoms with Crippen molar-refractivity contribution in [1.29, 1.82) is 0 Å². The summed E-state index contributed by atoms with van der Waals surface area (Å²) in [7, 11) is 0. The van der Waals surface area contributed by atoms with Gasteiger partial charge < -0.3 is 20.3 Å². The molecule has 3 rings (SSSR count). The summed E-state index contributed by atoms with van der Waals surface area (Å²) in [5.41, 5.74) is 1.39. The summed E-state index contributed by atoms with van der Waals surface area (Å²) in [6.07, 6.45) is 3.93. The number of carbonyl (C=O) groups is 2. The molecule has 0 bridgehead atoms. The molecule has 0 saturated carbocycles. The van der Waals surface area contributed by atoms with E-state index >= 15 is 0 Å². The number of anilines is 2. The van der Waals surface area contributed by atoms with Gasteiger partial charge in [0.1, 0.15) is 11.6 Å². The molecule has 1 atom stereocenters. The molecule has 148 valence electrons. The van der Waals surface area contributed by atoms with Gasteiger partial charge >= 0.3 is 11.8 Å². The third-order valence-corrected chi connectivity index (χ3v) is 4.68. The van der Waals surface area contributed by atoms with Gasteiger partial charge in [0.25, 0.3) is 0 Å². The molecule has 0 unspecified atom stereocenters. The zero-order valence-corrected chi connectivity index (χ0v) is 16.3. The van der Waals surface area contributed by atoms with Crippen LogP contribution < -0.4 is 20.3 Å². The highest BCUT2D eigenvalue weighted by Gasteiger charge is 2.18. The zero-order valence-electron chi connectivity index (χ0n) is 16.3. The van der Waals surface area contributed by atoms with E-state index in [1.807, 2.05) is 44.2 Å². The van der Waals surface area contributed by atoms with E-state index in [0.717, 1.165) is 30.2 Å². The third-order valence-electron chi connectivity index (χ3n) is 4.68. The van der Waals surface area contributed by atoms with Crippen molar-refractivity contribution in [2.24, 2.45) is 0 Å². The van der Waals surface area contributed by atoms with Gasteiger partial charge in [0, 0.05) is 13.1 Å². The first-order valence-corrected chi connectivity index (χ1v) is 9.62. The van der Waals surface area contributed by atoms with Gasteiger partial charge in [-0.1, -0.05) is 12.1 Å². The summed E-state index contributed by atoms with van der Waals surface area (Å²) in [6.45, 7) is 6.35. The van der Waals surface area contributed by atoms with Crippen molar-refractivity contribution >= 4 is 23.3 Å². The van der Waals surface area contributed by atoms with Crippen molar-refractivity contribution in [2.75, 3.05) is 29.9 Å². The minimum absolute atomic E-state index is 0.301. The van der Waals surface area contributed by atoms with Crippen LogP contribution in [-0.2, 0) is 9.59 Å². The van der Waals surface area contributed by atoms with Gasteiger partial charge in [-0.15, -0.1) is 0 Å². The van der Waals surface area contributed by atoms with E-state index in [1.165, 1.54) is 12.8 Å². The summed E-state index contributed by atoms with van der Waals surface area (Å²) in [4.78, 5) is 31.0. The lowest BCUT2D eigenvalue weighted by Gasteiger charge is -2.17. The molecule has 1 fully saturated rings. The van der Waals surface area contributed by atoms with Gasteiger partial charge in [-0.25, -0.2) is 4.98 Å². The number of rotatable bonds is 6. The van der Waals surface area contributed by atoms with Crippen LogP contribution in [0, 0.1) is 0 Å². The Labute approximate surface area is 165 Å². The number of hydrogen-bond donors (Lipinski definition) is 2. The maximum Gasteiger partial charge on any atom is 0.313 e. The van der Waals surface area contributed by atoms with Gasteiger partial charge in [0.2, 0.25) is 0 Å². The highest BCUT2D eigenvalue weighted by Crippen LogP contribution is 2.20. The lowest BCUT2D eigenvalue weighted by Crippen LogP contribution is -2.36. The average Bonchev–Trinajstić information content (AvgIpc) is 3.24. The maximum absolute atomic E-state index is 12.2. The van der Waals surface area contributed by atoms with Crippen LogP contribution in [0.15, 0.2) is 42.6 Å². The Balaban J connectivity index is 1.52. The van der Waals surface area contributed by atoms with E-state index in [0.29, 0.717) is 12.3 Å². The first-order valence-electron chi connectivity index (χ1n) is 9.62. The highest BCUT2D eigenvalue weighted by molar-refractivity contribution is 6.39. The number of carbonyl (C=O) groups excluding carboxylic acids is 2. The van der Waals surface area contributed by atoms with E-state index in [9.17, 15) is 9.59 Å². The van der Waals surface area contributed by atoms with Crippen molar-refractivity contribution < 1.29 is 14.3 Å². The average molecular weight is 382 g/mol.